The van der Waals surface area contributed by atoms with E-state index in [9.17, 15) is 4.79 Å². The minimum atomic E-state index is -0.195. The molecular formula is C14H16Cl2N4O. The standard InChI is InChI=1S/C14H16Cl2N4O/c1-9(2)13(8-20-17-5-6-18-20)19-14(21)10-3-4-11(15)12(16)7-10/h3-7,9,13H,8H2,1-2H3,(H,19,21). The zero-order chi connectivity index (χ0) is 15.4. The van der Waals surface area contributed by atoms with Crippen LogP contribution in [0.1, 0.15) is 24.2 Å². The third-order valence-electron chi connectivity index (χ3n) is 3.13. The highest BCUT2D eigenvalue weighted by Crippen LogP contribution is 2.22. The van der Waals surface area contributed by atoms with Gasteiger partial charge < -0.3 is 5.32 Å². The zero-order valence-corrected chi connectivity index (χ0v) is 13.3. The smallest absolute Gasteiger partial charge is 0.251 e. The van der Waals surface area contributed by atoms with E-state index in [2.05, 4.69) is 15.5 Å². The summed E-state index contributed by atoms with van der Waals surface area (Å²) in [5.41, 5.74) is 0.475. The fraction of sp³-hybridized carbons (Fsp3) is 0.357. The predicted molar refractivity (Wildman–Crippen MR) is 82.6 cm³/mol. The molecule has 2 rings (SSSR count). The van der Waals surface area contributed by atoms with Gasteiger partial charge in [-0.2, -0.15) is 15.0 Å². The summed E-state index contributed by atoms with van der Waals surface area (Å²) in [6.07, 6.45) is 3.22. The van der Waals surface area contributed by atoms with Gasteiger partial charge >= 0.3 is 0 Å². The number of nitrogens with one attached hydrogen (secondary N) is 1. The Morgan fingerprint density at radius 3 is 2.48 bits per heavy atom. The Hall–Kier alpha value is -1.59. The second kappa shape index (κ2) is 6.91. The Morgan fingerprint density at radius 1 is 1.24 bits per heavy atom. The first-order valence-electron chi connectivity index (χ1n) is 6.57. The fourth-order valence-electron chi connectivity index (χ4n) is 1.83. The maximum Gasteiger partial charge on any atom is 0.251 e. The van der Waals surface area contributed by atoms with Crippen molar-refractivity contribution in [3.8, 4) is 0 Å². The molecule has 0 saturated heterocycles. The van der Waals surface area contributed by atoms with Gasteiger partial charge in [0.2, 0.25) is 0 Å². The van der Waals surface area contributed by atoms with Crippen LogP contribution >= 0.6 is 23.2 Å². The Bertz CT molecular complexity index is 613. The Kier molecular flexibility index (Phi) is 5.20. The lowest BCUT2D eigenvalue weighted by atomic mass is 10.0. The summed E-state index contributed by atoms with van der Waals surface area (Å²) in [6.45, 7) is 4.57. The first-order chi connectivity index (χ1) is 9.97. The van der Waals surface area contributed by atoms with Crippen LogP contribution in [-0.4, -0.2) is 26.9 Å². The average molecular weight is 327 g/mol. The van der Waals surface area contributed by atoms with Crippen LogP contribution in [0.2, 0.25) is 10.0 Å². The van der Waals surface area contributed by atoms with Crippen molar-refractivity contribution < 1.29 is 4.79 Å². The molecule has 0 aliphatic carbocycles. The summed E-state index contributed by atoms with van der Waals surface area (Å²) in [5.74, 6) is 0.0437. The normalized spacial score (nSPS) is 12.4. The molecule has 1 N–H and O–H groups in total. The fourth-order valence-corrected chi connectivity index (χ4v) is 2.12. The Labute approximate surface area is 133 Å². The second-order valence-corrected chi connectivity index (χ2v) is 5.85. The highest BCUT2D eigenvalue weighted by atomic mass is 35.5. The van der Waals surface area contributed by atoms with Gasteiger partial charge in [-0.3, -0.25) is 4.79 Å². The summed E-state index contributed by atoms with van der Waals surface area (Å²) in [5, 5.41) is 11.9. The highest BCUT2D eigenvalue weighted by Gasteiger charge is 2.19. The molecular weight excluding hydrogens is 311 g/mol. The van der Waals surface area contributed by atoms with E-state index in [1.165, 1.54) is 0 Å². The van der Waals surface area contributed by atoms with Crippen LogP contribution in [0.25, 0.3) is 0 Å². The lowest BCUT2D eigenvalue weighted by molar-refractivity contribution is 0.0918. The van der Waals surface area contributed by atoms with Crippen LogP contribution in [0.3, 0.4) is 0 Å². The summed E-state index contributed by atoms with van der Waals surface area (Å²) < 4.78 is 0. The third-order valence-corrected chi connectivity index (χ3v) is 3.87. The number of hydrogen-bond acceptors (Lipinski definition) is 3. The number of halogens is 2. The van der Waals surface area contributed by atoms with Crippen molar-refractivity contribution in [3.05, 3.63) is 46.2 Å². The Morgan fingerprint density at radius 2 is 1.90 bits per heavy atom. The Balaban J connectivity index is 2.09. The molecule has 1 unspecified atom stereocenters. The molecule has 1 atom stereocenters. The molecule has 7 heteroatoms. The summed E-state index contributed by atoms with van der Waals surface area (Å²) >= 11 is 11.8. The first-order valence-corrected chi connectivity index (χ1v) is 7.33. The van der Waals surface area contributed by atoms with Crippen molar-refractivity contribution in [1.29, 1.82) is 0 Å². The van der Waals surface area contributed by atoms with Crippen molar-refractivity contribution in [2.45, 2.75) is 26.4 Å². The molecule has 0 radical (unpaired) electrons. The molecule has 0 aliphatic rings. The average Bonchev–Trinajstić information content (AvgIpc) is 2.93. The van der Waals surface area contributed by atoms with Crippen LogP contribution in [0.4, 0.5) is 0 Å². The van der Waals surface area contributed by atoms with Crippen molar-refractivity contribution in [3.63, 3.8) is 0 Å². The van der Waals surface area contributed by atoms with Gasteiger partial charge in [-0.1, -0.05) is 37.0 Å². The molecule has 0 spiro atoms. The predicted octanol–water partition coefficient (Wildman–Crippen LogP) is 3.04. The zero-order valence-electron chi connectivity index (χ0n) is 11.8. The van der Waals surface area contributed by atoms with Crippen molar-refractivity contribution >= 4 is 29.1 Å². The van der Waals surface area contributed by atoms with Crippen molar-refractivity contribution in [2.24, 2.45) is 5.92 Å². The van der Waals surface area contributed by atoms with Gasteiger partial charge in [0.05, 0.1) is 35.0 Å². The van der Waals surface area contributed by atoms with E-state index < -0.39 is 0 Å². The molecule has 1 heterocycles. The number of rotatable bonds is 5. The van der Waals surface area contributed by atoms with Gasteiger partial charge in [-0.25, -0.2) is 0 Å². The highest BCUT2D eigenvalue weighted by molar-refractivity contribution is 6.42. The molecule has 0 aliphatic heterocycles. The van der Waals surface area contributed by atoms with Gasteiger partial charge in [0.1, 0.15) is 0 Å². The van der Waals surface area contributed by atoms with E-state index in [0.29, 0.717) is 22.2 Å². The number of carbonyl (C=O) groups is 1. The minimum absolute atomic E-state index is 0.0839. The second-order valence-electron chi connectivity index (χ2n) is 5.04. The molecule has 5 nitrogen and oxygen atoms in total. The largest absolute Gasteiger partial charge is 0.347 e. The number of carbonyl (C=O) groups excluding carboxylic acids is 1. The van der Waals surface area contributed by atoms with Gasteiger partial charge in [-0.15, -0.1) is 0 Å². The van der Waals surface area contributed by atoms with E-state index in [-0.39, 0.29) is 17.9 Å². The van der Waals surface area contributed by atoms with Crippen LogP contribution in [0, 0.1) is 5.92 Å². The molecule has 1 aromatic heterocycles. The minimum Gasteiger partial charge on any atom is -0.347 e. The van der Waals surface area contributed by atoms with E-state index in [1.807, 2.05) is 13.8 Å². The maximum absolute atomic E-state index is 12.3. The van der Waals surface area contributed by atoms with Crippen LogP contribution in [0.5, 0.6) is 0 Å². The number of amides is 1. The van der Waals surface area contributed by atoms with E-state index in [1.54, 1.807) is 35.4 Å². The molecule has 112 valence electrons. The van der Waals surface area contributed by atoms with Crippen LogP contribution in [-0.2, 0) is 6.54 Å². The SMILES string of the molecule is CC(C)C(Cn1nccn1)NC(=O)c1ccc(Cl)c(Cl)c1. The van der Waals surface area contributed by atoms with E-state index in [0.717, 1.165) is 0 Å². The lowest BCUT2D eigenvalue weighted by Gasteiger charge is -2.22. The molecule has 2 aromatic rings. The molecule has 0 bridgehead atoms. The lowest BCUT2D eigenvalue weighted by Crippen LogP contribution is -2.42. The summed E-state index contributed by atoms with van der Waals surface area (Å²) in [6, 6.07) is 4.73. The van der Waals surface area contributed by atoms with Crippen molar-refractivity contribution in [1.82, 2.24) is 20.3 Å². The topological polar surface area (TPSA) is 59.8 Å². The first kappa shape index (κ1) is 15.8. The van der Waals surface area contributed by atoms with E-state index >= 15 is 0 Å². The van der Waals surface area contributed by atoms with Gasteiger partial charge in [-0.05, 0) is 24.1 Å². The monoisotopic (exact) mass is 326 g/mol. The number of benzene rings is 1. The maximum atomic E-state index is 12.3. The van der Waals surface area contributed by atoms with Gasteiger partial charge in [0.25, 0.3) is 5.91 Å². The van der Waals surface area contributed by atoms with Gasteiger partial charge in [0, 0.05) is 5.56 Å². The third kappa shape index (κ3) is 4.19. The molecule has 1 aromatic carbocycles. The molecule has 0 fully saturated rings. The van der Waals surface area contributed by atoms with Crippen molar-refractivity contribution in [2.75, 3.05) is 0 Å². The number of hydrogen-bond donors (Lipinski definition) is 1. The quantitative estimate of drug-likeness (QED) is 0.918. The van der Waals surface area contributed by atoms with Crippen LogP contribution in [0.15, 0.2) is 30.6 Å². The summed E-state index contributed by atoms with van der Waals surface area (Å²) in [4.78, 5) is 13.8. The molecule has 21 heavy (non-hydrogen) atoms. The number of nitrogens with zero attached hydrogens (tertiary/aromatic N) is 3. The molecule has 0 saturated carbocycles. The molecule has 1 amide bonds. The van der Waals surface area contributed by atoms with Gasteiger partial charge in [0.15, 0.2) is 0 Å². The van der Waals surface area contributed by atoms with E-state index in [4.69, 9.17) is 23.2 Å². The summed E-state index contributed by atoms with van der Waals surface area (Å²) in [7, 11) is 0. The van der Waals surface area contributed by atoms with Crippen LogP contribution < -0.4 is 5.32 Å². The number of aromatic nitrogens is 3.